The highest BCUT2D eigenvalue weighted by molar-refractivity contribution is 9.09. The molecule has 1 aromatic rings. The lowest BCUT2D eigenvalue weighted by Crippen LogP contribution is -2.12. The van der Waals surface area contributed by atoms with Gasteiger partial charge in [0.15, 0.2) is 0 Å². The number of hydrogen-bond acceptors (Lipinski definition) is 1. The van der Waals surface area contributed by atoms with E-state index in [4.69, 9.17) is 4.74 Å². The number of rotatable bonds is 9. The summed E-state index contributed by atoms with van der Waals surface area (Å²) in [6, 6.07) is 10.3. The molecule has 1 nitrogen and oxygen atoms in total. The van der Waals surface area contributed by atoms with Crippen LogP contribution in [0.5, 0.6) is 0 Å². The predicted octanol–water partition coefficient (Wildman–Crippen LogP) is 4.82. The van der Waals surface area contributed by atoms with Gasteiger partial charge in [-0.2, -0.15) is 0 Å². The highest BCUT2D eigenvalue weighted by Gasteiger charge is 2.11. The van der Waals surface area contributed by atoms with Crippen LogP contribution in [-0.2, 0) is 11.3 Å². The van der Waals surface area contributed by atoms with Crippen molar-refractivity contribution < 1.29 is 4.74 Å². The van der Waals surface area contributed by atoms with Crippen LogP contribution in [0.3, 0.4) is 0 Å². The lowest BCUT2D eigenvalue weighted by Gasteiger charge is -2.17. The number of benzene rings is 1. The van der Waals surface area contributed by atoms with Crippen molar-refractivity contribution in [2.45, 2.75) is 26.4 Å². The van der Waals surface area contributed by atoms with E-state index in [1.54, 1.807) is 0 Å². The first-order valence-corrected chi connectivity index (χ1v) is 7.67. The summed E-state index contributed by atoms with van der Waals surface area (Å²) in [4.78, 5) is 0. The van der Waals surface area contributed by atoms with E-state index in [0.29, 0.717) is 18.4 Å². The van der Waals surface area contributed by atoms with Gasteiger partial charge in [0.1, 0.15) is 0 Å². The third kappa shape index (κ3) is 6.36. The van der Waals surface area contributed by atoms with Crippen molar-refractivity contribution in [1.29, 1.82) is 0 Å². The van der Waals surface area contributed by atoms with Crippen LogP contribution < -0.4 is 0 Å². The molecule has 0 amide bonds. The average Bonchev–Trinajstić information content (AvgIpc) is 2.39. The fraction of sp³-hybridized carbons (Fsp3) is 0.500. The Balaban J connectivity index is 2.20. The zero-order chi connectivity index (χ0) is 13.2. The van der Waals surface area contributed by atoms with Crippen molar-refractivity contribution >= 4 is 15.9 Å². The Bertz CT molecular complexity index is 323. The quantitative estimate of drug-likeness (QED) is 0.469. The summed E-state index contributed by atoms with van der Waals surface area (Å²) < 4.78 is 5.76. The second-order valence-electron chi connectivity index (χ2n) is 4.89. The number of alkyl halides is 1. The van der Waals surface area contributed by atoms with Gasteiger partial charge in [-0.1, -0.05) is 59.3 Å². The molecule has 1 aromatic carbocycles. The SMILES string of the molecule is C=CCC(CBr)CC(C)COCc1ccccc1. The van der Waals surface area contributed by atoms with Crippen molar-refractivity contribution in [2.75, 3.05) is 11.9 Å². The first-order valence-electron chi connectivity index (χ1n) is 6.54. The van der Waals surface area contributed by atoms with E-state index in [-0.39, 0.29) is 0 Å². The van der Waals surface area contributed by atoms with E-state index in [9.17, 15) is 0 Å². The lowest BCUT2D eigenvalue weighted by molar-refractivity contribution is 0.0852. The van der Waals surface area contributed by atoms with Gasteiger partial charge in [-0.05, 0) is 30.2 Å². The lowest BCUT2D eigenvalue weighted by atomic mass is 9.95. The molecular formula is C16H23BrO. The van der Waals surface area contributed by atoms with Crippen LogP contribution in [0.1, 0.15) is 25.3 Å². The summed E-state index contributed by atoms with van der Waals surface area (Å²) in [7, 11) is 0. The highest BCUT2D eigenvalue weighted by Crippen LogP contribution is 2.19. The number of halogens is 1. The second kappa shape index (κ2) is 9.35. The second-order valence-corrected chi connectivity index (χ2v) is 5.53. The maximum Gasteiger partial charge on any atom is 0.0717 e. The van der Waals surface area contributed by atoms with Crippen molar-refractivity contribution in [2.24, 2.45) is 11.8 Å². The first-order chi connectivity index (χ1) is 8.76. The molecule has 2 atom stereocenters. The summed E-state index contributed by atoms with van der Waals surface area (Å²) in [5, 5.41) is 1.04. The Morgan fingerprint density at radius 2 is 2.06 bits per heavy atom. The van der Waals surface area contributed by atoms with Gasteiger partial charge in [0.2, 0.25) is 0 Å². The minimum absolute atomic E-state index is 0.594. The van der Waals surface area contributed by atoms with Crippen LogP contribution in [0.4, 0.5) is 0 Å². The predicted molar refractivity (Wildman–Crippen MR) is 82.0 cm³/mol. The van der Waals surface area contributed by atoms with Crippen LogP contribution in [0.15, 0.2) is 43.0 Å². The molecule has 0 heterocycles. The summed E-state index contributed by atoms with van der Waals surface area (Å²) >= 11 is 3.56. The van der Waals surface area contributed by atoms with E-state index in [1.807, 2.05) is 24.3 Å². The van der Waals surface area contributed by atoms with Gasteiger partial charge in [0, 0.05) is 11.9 Å². The molecule has 100 valence electrons. The summed E-state index contributed by atoms with van der Waals surface area (Å²) in [6.45, 7) is 7.60. The summed E-state index contributed by atoms with van der Waals surface area (Å²) in [6.07, 6.45) is 4.27. The van der Waals surface area contributed by atoms with Crippen LogP contribution in [0.25, 0.3) is 0 Å². The van der Waals surface area contributed by atoms with Crippen molar-refractivity contribution in [3.05, 3.63) is 48.6 Å². The minimum atomic E-state index is 0.594. The molecule has 0 spiro atoms. The first kappa shape index (κ1) is 15.5. The summed E-state index contributed by atoms with van der Waals surface area (Å²) in [5.41, 5.74) is 1.24. The maximum atomic E-state index is 5.76. The van der Waals surface area contributed by atoms with Gasteiger partial charge in [-0.25, -0.2) is 0 Å². The summed E-state index contributed by atoms with van der Waals surface area (Å²) in [5.74, 6) is 1.27. The Morgan fingerprint density at radius 3 is 2.67 bits per heavy atom. The largest absolute Gasteiger partial charge is 0.376 e. The molecule has 0 bridgehead atoms. The molecule has 0 saturated carbocycles. The molecule has 0 aromatic heterocycles. The monoisotopic (exact) mass is 310 g/mol. The van der Waals surface area contributed by atoms with Crippen LogP contribution >= 0.6 is 15.9 Å². The van der Waals surface area contributed by atoms with Crippen LogP contribution in [0, 0.1) is 11.8 Å². The smallest absolute Gasteiger partial charge is 0.0717 e. The molecule has 0 aliphatic carbocycles. The third-order valence-electron chi connectivity index (χ3n) is 2.97. The number of allylic oxidation sites excluding steroid dienone is 1. The Morgan fingerprint density at radius 1 is 1.33 bits per heavy atom. The molecule has 0 N–H and O–H groups in total. The van der Waals surface area contributed by atoms with Gasteiger partial charge in [0.05, 0.1) is 6.61 Å². The zero-order valence-electron chi connectivity index (χ0n) is 11.1. The molecular weight excluding hydrogens is 288 g/mol. The standard InChI is InChI=1S/C16H23BrO/c1-3-7-16(11-17)10-14(2)12-18-13-15-8-5-4-6-9-15/h3-6,8-9,14,16H,1,7,10-13H2,2H3. The van der Waals surface area contributed by atoms with E-state index in [0.717, 1.165) is 18.4 Å². The van der Waals surface area contributed by atoms with E-state index < -0.39 is 0 Å². The highest BCUT2D eigenvalue weighted by atomic mass is 79.9. The minimum Gasteiger partial charge on any atom is -0.376 e. The van der Waals surface area contributed by atoms with Gasteiger partial charge < -0.3 is 4.74 Å². The number of hydrogen-bond donors (Lipinski definition) is 0. The topological polar surface area (TPSA) is 9.23 Å². The molecule has 0 aliphatic heterocycles. The molecule has 0 radical (unpaired) electrons. The molecule has 18 heavy (non-hydrogen) atoms. The van der Waals surface area contributed by atoms with Gasteiger partial charge in [-0.3, -0.25) is 0 Å². The molecule has 2 heteroatoms. The Labute approximate surface area is 119 Å². The molecule has 0 aliphatic rings. The fourth-order valence-electron chi connectivity index (χ4n) is 2.05. The Hall–Kier alpha value is -0.600. The van der Waals surface area contributed by atoms with Crippen molar-refractivity contribution in [1.82, 2.24) is 0 Å². The fourth-order valence-corrected chi connectivity index (χ4v) is 2.58. The van der Waals surface area contributed by atoms with Crippen molar-refractivity contribution in [3.8, 4) is 0 Å². The normalized spacial score (nSPS) is 14.1. The maximum absolute atomic E-state index is 5.76. The van der Waals surface area contributed by atoms with E-state index in [1.165, 1.54) is 12.0 Å². The van der Waals surface area contributed by atoms with Gasteiger partial charge in [0.25, 0.3) is 0 Å². The van der Waals surface area contributed by atoms with Crippen LogP contribution in [-0.4, -0.2) is 11.9 Å². The molecule has 2 unspecified atom stereocenters. The third-order valence-corrected chi connectivity index (χ3v) is 3.88. The molecule has 0 saturated heterocycles. The number of ether oxygens (including phenoxy) is 1. The molecule has 0 fully saturated rings. The van der Waals surface area contributed by atoms with E-state index in [2.05, 4.69) is 41.6 Å². The average molecular weight is 311 g/mol. The van der Waals surface area contributed by atoms with Gasteiger partial charge in [-0.15, -0.1) is 6.58 Å². The Kier molecular flexibility index (Phi) is 8.03. The zero-order valence-corrected chi connectivity index (χ0v) is 12.7. The van der Waals surface area contributed by atoms with Crippen molar-refractivity contribution in [3.63, 3.8) is 0 Å². The van der Waals surface area contributed by atoms with E-state index >= 15 is 0 Å². The van der Waals surface area contributed by atoms with Gasteiger partial charge >= 0.3 is 0 Å². The van der Waals surface area contributed by atoms with Crippen LogP contribution in [0.2, 0.25) is 0 Å². The molecule has 1 rings (SSSR count).